The zero-order valence-electron chi connectivity index (χ0n) is 10.7. The molecule has 1 amide bonds. The molecule has 1 fully saturated rings. The molecule has 1 atom stereocenters. The summed E-state index contributed by atoms with van der Waals surface area (Å²) in [5.41, 5.74) is 0.116. The molecule has 0 saturated carbocycles. The lowest BCUT2D eigenvalue weighted by Gasteiger charge is -2.28. The molecule has 5 heteroatoms. The molecule has 16 heavy (non-hydrogen) atoms. The number of nitrogens with zero attached hydrogens (tertiary/aromatic N) is 1. The Hall–Kier alpha value is -0.260. The quantitative estimate of drug-likeness (QED) is 0.734. The van der Waals surface area contributed by atoms with Gasteiger partial charge >= 0.3 is 0 Å². The second kappa shape index (κ2) is 5.89. The van der Waals surface area contributed by atoms with Gasteiger partial charge in [0.1, 0.15) is 0 Å². The van der Waals surface area contributed by atoms with Crippen LogP contribution in [-0.2, 0) is 4.79 Å². The van der Waals surface area contributed by atoms with Gasteiger partial charge in [0.2, 0.25) is 5.91 Å². The lowest BCUT2D eigenvalue weighted by Crippen LogP contribution is -2.47. The summed E-state index contributed by atoms with van der Waals surface area (Å²) in [5, 5.41) is 6.20. The summed E-state index contributed by atoms with van der Waals surface area (Å²) >= 11 is 1.77. The Balaban J connectivity index is 2.29. The lowest BCUT2D eigenvalue weighted by atomic mass is 9.93. The molecular weight excluding hydrogens is 222 g/mol. The molecule has 94 valence electrons. The summed E-state index contributed by atoms with van der Waals surface area (Å²) in [6.07, 6.45) is 0. The normalized spacial score (nSPS) is 21.4. The van der Waals surface area contributed by atoms with Crippen LogP contribution in [0.15, 0.2) is 0 Å². The minimum absolute atomic E-state index is 0.000145. The minimum Gasteiger partial charge on any atom is -0.354 e. The van der Waals surface area contributed by atoms with E-state index in [0.717, 1.165) is 24.7 Å². The molecule has 0 bridgehead atoms. The van der Waals surface area contributed by atoms with Crippen molar-refractivity contribution in [3.8, 4) is 0 Å². The zero-order valence-corrected chi connectivity index (χ0v) is 11.5. The van der Waals surface area contributed by atoms with E-state index >= 15 is 0 Å². The van der Waals surface area contributed by atoms with E-state index in [-0.39, 0.29) is 17.4 Å². The van der Waals surface area contributed by atoms with Gasteiger partial charge in [0.15, 0.2) is 0 Å². The Morgan fingerprint density at radius 2 is 2.25 bits per heavy atom. The van der Waals surface area contributed by atoms with Crippen LogP contribution in [0.2, 0.25) is 0 Å². The van der Waals surface area contributed by atoms with Crippen molar-refractivity contribution in [3.05, 3.63) is 0 Å². The van der Waals surface area contributed by atoms with Crippen LogP contribution in [0.1, 0.15) is 13.8 Å². The van der Waals surface area contributed by atoms with Crippen LogP contribution in [0, 0.1) is 5.41 Å². The molecule has 0 aliphatic carbocycles. The van der Waals surface area contributed by atoms with E-state index < -0.39 is 0 Å². The van der Waals surface area contributed by atoms with E-state index in [4.69, 9.17) is 0 Å². The van der Waals surface area contributed by atoms with Crippen molar-refractivity contribution in [2.75, 3.05) is 38.8 Å². The summed E-state index contributed by atoms with van der Waals surface area (Å²) in [5.74, 6) is 1.91. The van der Waals surface area contributed by atoms with Gasteiger partial charge in [0.25, 0.3) is 0 Å². The highest BCUT2D eigenvalue weighted by molar-refractivity contribution is 7.99. The number of rotatable bonds is 5. The highest BCUT2D eigenvalue weighted by Gasteiger charge is 2.25. The van der Waals surface area contributed by atoms with Crippen molar-refractivity contribution >= 4 is 17.7 Å². The fraction of sp³-hybridized carbons (Fsp3) is 0.909. The van der Waals surface area contributed by atoms with Gasteiger partial charge in [-0.15, -0.1) is 11.8 Å². The number of amides is 1. The molecule has 1 aliphatic rings. The van der Waals surface area contributed by atoms with Crippen LogP contribution >= 0.6 is 11.8 Å². The molecule has 1 heterocycles. The summed E-state index contributed by atoms with van der Waals surface area (Å²) in [4.78, 5) is 13.9. The topological polar surface area (TPSA) is 44.4 Å². The van der Waals surface area contributed by atoms with E-state index in [2.05, 4.69) is 43.5 Å². The Morgan fingerprint density at radius 1 is 1.56 bits per heavy atom. The maximum Gasteiger partial charge on any atom is 0.238 e. The molecule has 0 radical (unpaired) electrons. The molecule has 0 aromatic carbocycles. The monoisotopic (exact) mass is 245 g/mol. The number of carbonyl (C=O) groups is 1. The zero-order chi connectivity index (χ0) is 12.2. The largest absolute Gasteiger partial charge is 0.354 e. The van der Waals surface area contributed by atoms with Crippen LogP contribution in [-0.4, -0.2) is 55.7 Å². The highest BCUT2D eigenvalue weighted by atomic mass is 32.2. The molecule has 2 N–H and O–H groups in total. The molecule has 4 nitrogen and oxygen atoms in total. The number of hydrogen-bond donors (Lipinski definition) is 2. The third-order valence-corrected chi connectivity index (χ3v) is 3.46. The first-order valence-corrected chi connectivity index (χ1v) is 6.80. The fourth-order valence-electron chi connectivity index (χ4n) is 1.93. The summed E-state index contributed by atoms with van der Waals surface area (Å²) in [6, 6.07) is 0.000145. The van der Waals surface area contributed by atoms with E-state index in [9.17, 15) is 4.79 Å². The van der Waals surface area contributed by atoms with Gasteiger partial charge in [-0.25, -0.2) is 0 Å². The first-order chi connectivity index (χ1) is 7.41. The van der Waals surface area contributed by atoms with Gasteiger partial charge in [-0.3, -0.25) is 10.1 Å². The van der Waals surface area contributed by atoms with Crippen molar-refractivity contribution in [2.45, 2.75) is 19.9 Å². The van der Waals surface area contributed by atoms with Crippen LogP contribution in [0.3, 0.4) is 0 Å². The fourth-order valence-corrected chi connectivity index (χ4v) is 2.87. The highest BCUT2D eigenvalue weighted by Crippen LogP contribution is 2.15. The lowest BCUT2D eigenvalue weighted by molar-refractivity contribution is -0.122. The number of thioether (sulfide) groups is 1. The van der Waals surface area contributed by atoms with Crippen LogP contribution < -0.4 is 10.6 Å². The van der Waals surface area contributed by atoms with Crippen molar-refractivity contribution in [3.63, 3.8) is 0 Å². The van der Waals surface area contributed by atoms with Gasteiger partial charge in [-0.2, -0.15) is 0 Å². The van der Waals surface area contributed by atoms with Crippen molar-refractivity contribution < 1.29 is 4.79 Å². The molecule has 1 aliphatic heterocycles. The van der Waals surface area contributed by atoms with Crippen LogP contribution in [0.25, 0.3) is 0 Å². The molecular formula is C11H23N3OS. The minimum atomic E-state index is 0.000145. The van der Waals surface area contributed by atoms with Crippen LogP contribution in [0.5, 0.6) is 0 Å². The molecule has 1 saturated heterocycles. The van der Waals surface area contributed by atoms with E-state index in [1.807, 2.05) is 0 Å². The van der Waals surface area contributed by atoms with Crippen molar-refractivity contribution in [1.82, 2.24) is 15.5 Å². The Bertz CT molecular complexity index is 237. The summed E-state index contributed by atoms with van der Waals surface area (Å²) in [6.45, 7) is 6.04. The molecule has 0 spiro atoms. The Labute approximate surface area is 103 Å². The first kappa shape index (κ1) is 13.8. The predicted octanol–water partition coefficient (Wildman–Crippen LogP) is 0.353. The Kier molecular flexibility index (Phi) is 5.08. The maximum absolute atomic E-state index is 11.8. The number of hydrogen-bond acceptors (Lipinski definition) is 4. The molecule has 0 aromatic rings. The SMILES string of the molecule is CN(C)CC(C)(C)CNC(=O)C1CSCN1. The second-order valence-electron chi connectivity index (χ2n) is 5.39. The summed E-state index contributed by atoms with van der Waals surface area (Å²) in [7, 11) is 4.11. The average molecular weight is 245 g/mol. The van der Waals surface area contributed by atoms with Crippen molar-refractivity contribution in [1.29, 1.82) is 0 Å². The average Bonchev–Trinajstić information content (AvgIpc) is 2.64. The number of nitrogens with one attached hydrogen (secondary N) is 2. The van der Waals surface area contributed by atoms with Gasteiger partial charge in [0, 0.05) is 24.7 Å². The van der Waals surface area contributed by atoms with Crippen molar-refractivity contribution in [2.24, 2.45) is 5.41 Å². The number of carbonyl (C=O) groups excluding carboxylic acids is 1. The summed E-state index contributed by atoms with van der Waals surface area (Å²) < 4.78 is 0. The van der Waals surface area contributed by atoms with Gasteiger partial charge in [-0.05, 0) is 19.5 Å². The third-order valence-electron chi connectivity index (χ3n) is 2.52. The van der Waals surface area contributed by atoms with Gasteiger partial charge in [-0.1, -0.05) is 13.8 Å². The van der Waals surface area contributed by atoms with E-state index in [1.165, 1.54) is 0 Å². The Morgan fingerprint density at radius 3 is 2.75 bits per heavy atom. The predicted molar refractivity (Wildman–Crippen MR) is 69.6 cm³/mol. The van der Waals surface area contributed by atoms with E-state index in [0.29, 0.717) is 0 Å². The standard InChI is InChI=1S/C11H23N3OS/c1-11(2,7-14(3)4)6-12-10(15)9-5-16-8-13-9/h9,13H,5-8H2,1-4H3,(H,12,15). The molecule has 0 aromatic heterocycles. The second-order valence-corrected chi connectivity index (χ2v) is 6.42. The first-order valence-electron chi connectivity index (χ1n) is 5.64. The molecule has 1 rings (SSSR count). The smallest absolute Gasteiger partial charge is 0.238 e. The molecule has 1 unspecified atom stereocenters. The van der Waals surface area contributed by atoms with Gasteiger partial charge in [0.05, 0.1) is 6.04 Å². The van der Waals surface area contributed by atoms with Gasteiger partial charge < -0.3 is 10.2 Å². The maximum atomic E-state index is 11.8. The third kappa shape index (κ3) is 4.72. The van der Waals surface area contributed by atoms with E-state index in [1.54, 1.807) is 11.8 Å². The van der Waals surface area contributed by atoms with Crippen LogP contribution in [0.4, 0.5) is 0 Å².